The zero-order valence-corrected chi connectivity index (χ0v) is 10.0. The fourth-order valence-corrected chi connectivity index (χ4v) is 1.67. The third-order valence-corrected chi connectivity index (χ3v) is 2.55. The highest BCUT2D eigenvalue weighted by molar-refractivity contribution is 5.73. The standard InChI is InChI=1S/C13H18FNO2/c1-2-3-4-9-15(10-13(16)17)12-7-5-11(14)6-8-12/h5-8H,2-4,9-10H2,1H3,(H,16,17). The summed E-state index contributed by atoms with van der Waals surface area (Å²) in [6, 6.07) is 5.93. The molecule has 0 saturated carbocycles. The summed E-state index contributed by atoms with van der Waals surface area (Å²) in [6.45, 7) is 2.74. The van der Waals surface area contributed by atoms with Gasteiger partial charge in [0.15, 0.2) is 0 Å². The largest absolute Gasteiger partial charge is 0.480 e. The van der Waals surface area contributed by atoms with Crippen LogP contribution in [0.3, 0.4) is 0 Å². The number of nitrogens with zero attached hydrogens (tertiary/aromatic N) is 1. The zero-order valence-electron chi connectivity index (χ0n) is 10.0. The minimum atomic E-state index is -0.870. The molecule has 94 valence electrons. The molecule has 0 fully saturated rings. The van der Waals surface area contributed by atoms with E-state index >= 15 is 0 Å². The predicted octanol–water partition coefficient (Wildman–Crippen LogP) is 2.91. The molecular formula is C13H18FNO2. The van der Waals surface area contributed by atoms with Crippen molar-refractivity contribution in [1.29, 1.82) is 0 Å². The Bertz CT molecular complexity index is 351. The van der Waals surface area contributed by atoms with Crippen LogP contribution in [-0.2, 0) is 4.79 Å². The van der Waals surface area contributed by atoms with Crippen molar-refractivity contribution in [3.63, 3.8) is 0 Å². The van der Waals surface area contributed by atoms with Crippen LogP contribution < -0.4 is 4.90 Å². The van der Waals surface area contributed by atoms with Gasteiger partial charge in [0.2, 0.25) is 0 Å². The Morgan fingerprint density at radius 1 is 1.29 bits per heavy atom. The molecule has 0 unspecified atom stereocenters. The van der Waals surface area contributed by atoms with Gasteiger partial charge in [0.25, 0.3) is 0 Å². The van der Waals surface area contributed by atoms with Crippen molar-refractivity contribution in [1.82, 2.24) is 0 Å². The average Bonchev–Trinajstić information content (AvgIpc) is 2.28. The van der Waals surface area contributed by atoms with E-state index in [1.807, 2.05) is 0 Å². The number of carbonyl (C=O) groups is 1. The lowest BCUT2D eigenvalue weighted by Gasteiger charge is -2.22. The van der Waals surface area contributed by atoms with Gasteiger partial charge in [-0.25, -0.2) is 4.39 Å². The third-order valence-electron chi connectivity index (χ3n) is 2.55. The van der Waals surface area contributed by atoms with E-state index in [4.69, 9.17) is 5.11 Å². The van der Waals surface area contributed by atoms with Crippen LogP contribution in [0.15, 0.2) is 24.3 Å². The van der Waals surface area contributed by atoms with E-state index in [0.717, 1.165) is 24.9 Å². The van der Waals surface area contributed by atoms with Gasteiger partial charge in [-0.3, -0.25) is 4.79 Å². The first kappa shape index (κ1) is 13.5. The Morgan fingerprint density at radius 2 is 1.94 bits per heavy atom. The quantitative estimate of drug-likeness (QED) is 0.744. The Kier molecular flexibility index (Phi) is 5.46. The maximum Gasteiger partial charge on any atom is 0.323 e. The van der Waals surface area contributed by atoms with Gasteiger partial charge in [0, 0.05) is 12.2 Å². The van der Waals surface area contributed by atoms with Crippen molar-refractivity contribution in [3.05, 3.63) is 30.1 Å². The normalized spacial score (nSPS) is 10.2. The molecule has 17 heavy (non-hydrogen) atoms. The van der Waals surface area contributed by atoms with E-state index < -0.39 is 5.97 Å². The first-order valence-electron chi connectivity index (χ1n) is 5.85. The van der Waals surface area contributed by atoms with E-state index in [1.54, 1.807) is 17.0 Å². The monoisotopic (exact) mass is 239 g/mol. The minimum Gasteiger partial charge on any atom is -0.480 e. The molecule has 3 nitrogen and oxygen atoms in total. The highest BCUT2D eigenvalue weighted by atomic mass is 19.1. The Balaban J connectivity index is 2.67. The number of benzene rings is 1. The molecule has 1 N–H and O–H groups in total. The lowest BCUT2D eigenvalue weighted by atomic mass is 10.2. The van der Waals surface area contributed by atoms with Crippen LogP contribution in [-0.4, -0.2) is 24.2 Å². The van der Waals surface area contributed by atoms with Gasteiger partial charge >= 0.3 is 5.97 Å². The van der Waals surface area contributed by atoms with E-state index in [-0.39, 0.29) is 12.4 Å². The molecule has 0 saturated heterocycles. The minimum absolute atomic E-state index is 0.0463. The number of carboxylic acid groups (broad SMARTS) is 1. The summed E-state index contributed by atoms with van der Waals surface area (Å²) >= 11 is 0. The van der Waals surface area contributed by atoms with Gasteiger partial charge in [-0.15, -0.1) is 0 Å². The molecule has 1 aromatic rings. The van der Waals surface area contributed by atoms with E-state index in [1.165, 1.54) is 12.1 Å². The number of anilines is 1. The molecule has 0 radical (unpaired) electrons. The second kappa shape index (κ2) is 6.89. The van der Waals surface area contributed by atoms with Crippen molar-refractivity contribution in [2.45, 2.75) is 26.2 Å². The smallest absolute Gasteiger partial charge is 0.323 e. The van der Waals surface area contributed by atoms with Crippen LogP contribution >= 0.6 is 0 Å². The summed E-state index contributed by atoms with van der Waals surface area (Å²) in [5, 5.41) is 8.84. The maximum atomic E-state index is 12.8. The molecule has 1 rings (SSSR count). The molecule has 0 aliphatic heterocycles. The van der Waals surface area contributed by atoms with Gasteiger partial charge in [0.1, 0.15) is 12.4 Å². The number of rotatable bonds is 7. The van der Waals surface area contributed by atoms with Crippen molar-refractivity contribution < 1.29 is 14.3 Å². The summed E-state index contributed by atoms with van der Waals surface area (Å²) in [5.41, 5.74) is 0.755. The lowest BCUT2D eigenvalue weighted by molar-refractivity contribution is -0.135. The number of aliphatic carboxylic acids is 1. The number of unbranched alkanes of at least 4 members (excludes halogenated alkanes) is 2. The van der Waals surface area contributed by atoms with Gasteiger partial charge in [-0.1, -0.05) is 19.8 Å². The number of hydrogen-bond acceptors (Lipinski definition) is 2. The molecule has 0 amide bonds. The second-order valence-electron chi connectivity index (χ2n) is 4.00. The van der Waals surface area contributed by atoms with Crippen molar-refractivity contribution in [2.75, 3.05) is 18.0 Å². The fraction of sp³-hybridized carbons (Fsp3) is 0.462. The lowest BCUT2D eigenvalue weighted by Crippen LogP contribution is -2.30. The first-order chi connectivity index (χ1) is 8.13. The molecule has 0 aliphatic carbocycles. The molecule has 1 aromatic carbocycles. The molecule has 4 heteroatoms. The molecule has 0 atom stereocenters. The Labute approximate surface area is 101 Å². The highest BCUT2D eigenvalue weighted by Gasteiger charge is 2.10. The Morgan fingerprint density at radius 3 is 2.47 bits per heavy atom. The van der Waals surface area contributed by atoms with Crippen LogP contribution in [0.4, 0.5) is 10.1 Å². The maximum absolute atomic E-state index is 12.8. The van der Waals surface area contributed by atoms with Gasteiger partial charge in [0.05, 0.1) is 0 Å². The summed E-state index contributed by atoms with van der Waals surface area (Å²) < 4.78 is 12.8. The Hall–Kier alpha value is -1.58. The summed E-state index contributed by atoms with van der Waals surface area (Å²) in [5.74, 6) is -1.18. The van der Waals surface area contributed by atoms with Crippen LogP contribution in [0.5, 0.6) is 0 Å². The van der Waals surface area contributed by atoms with Gasteiger partial charge in [-0.05, 0) is 30.7 Å². The second-order valence-corrected chi connectivity index (χ2v) is 4.00. The zero-order chi connectivity index (χ0) is 12.7. The van der Waals surface area contributed by atoms with Crippen LogP contribution in [0, 0.1) is 5.82 Å². The van der Waals surface area contributed by atoms with Crippen molar-refractivity contribution >= 4 is 11.7 Å². The predicted molar refractivity (Wildman–Crippen MR) is 65.8 cm³/mol. The molecule has 0 heterocycles. The van der Waals surface area contributed by atoms with Crippen LogP contribution in [0.25, 0.3) is 0 Å². The van der Waals surface area contributed by atoms with Gasteiger partial charge < -0.3 is 10.0 Å². The summed E-state index contributed by atoms with van der Waals surface area (Å²) in [7, 11) is 0. The van der Waals surface area contributed by atoms with E-state index in [9.17, 15) is 9.18 Å². The highest BCUT2D eigenvalue weighted by Crippen LogP contribution is 2.15. The van der Waals surface area contributed by atoms with Crippen LogP contribution in [0.1, 0.15) is 26.2 Å². The van der Waals surface area contributed by atoms with Crippen molar-refractivity contribution in [3.8, 4) is 0 Å². The van der Waals surface area contributed by atoms with Gasteiger partial charge in [-0.2, -0.15) is 0 Å². The third kappa shape index (κ3) is 4.85. The molecule has 0 aromatic heterocycles. The van der Waals surface area contributed by atoms with E-state index in [0.29, 0.717) is 6.54 Å². The summed E-state index contributed by atoms with van der Waals surface area (Å²) in [6.07, 6.45) is 3.10. The van der Waals surface area contributed by atoms with Crippen LogP contribution in [0.2, 0.25) is 0 Å². The number of hydrogen-bond donors (Lipinski definition) is 1. The summed E-state index contributed by atoms with van der Waals surface area (Å²) in [4.78, 5) is 12.5. The number of halogens is 1. The van der Waals surface area contributed by atoms with E-state index in [2.05, 4.69) is 6.92 Å². The average molecular weight is 239 g/mol. The van der Waals surface area contributed by atoms with Crippen molar-refractivity contribution in [2.24, 2.45) is 0 Å². The SMILES string of the molecule is CCCCCN(CC(=O)O)c1ccc(F)cc1. The fourth-order valence-electron chi connectivity index (χ4n) is 1.67. The number of carboxylic acids is 1. The topological polar surface area (TPSA) is 40.5 Å². The molecule has 0 spiro atoms. The molecule has 0 aliphatic rings. The first-order valence-corrected chi connectivity index (χ1v) is 5.85. The molecular weight excluding hydrogens is 221 g/mol. The molecule has 0 bridgehead atoms.